The Labute approximate surface area is 219 Å². The molecule has 2 saturated carbocycles. The minimum absolute atomic E-state index is 0.0195. The number of nitrogens with zero attached hydrogens (tertiary/aromatic N) is 6. The summed E-state index contributed by atoms with van der Waals surface area (Å²) in [7, 11) is 0. The van der Waals surface area contributed by atoms with Gasteiger partial charge < -0.3 is 10.6 Å². The van der Waals surface area contributed by atoms with Crippen molar-refractivity contribution in [1.82, 2.24) is 29.4 Å². The molecule has 1 amide bonds. The largest absolute Gasteiger partial charge is 0.383 e. The van der Waals surface area contributed by atoms with Gasteiger partial charge >= 0.3 is 0 Å². The molecule has 4 heterocycles. The first-order valence-corrected chi connectivity index (χ1v) is 13.1. The summed E-state index contributed by atoms with van der Waals surface area (Å²) in [6, 6.07) is 6.41. The number of Topliss-reactive ketones (excluding diaryl/α,β-unsaturated/α-hetero) is 1. The van der Waals surface area contributed by atoms with Crippen molar-refractivity contribution >= 4 is 39.3 Å². The van der Waals surface area contributed by atoms with Crippen LogP contribution >= 0.6 is 0 Å². The summed E-state index contributed by atoms with van der Waals surface area (Å²) in [5.74, 6) is 6.70. The number of nitrogen functional groups attached to an aromatic ring is 1. The van der Waals surface area contributed by atoms with E-state index in [1.54, 1.807) is 11.1 Å². The average molecular weight is 506 g/mol. The van der Waals surface area contributed by atoms with Gasteiger partial charge in [-0.3, -0.25) is 19.0 Å². The second-order valence-corrected chi connectivity index (χ2v) is 10.5. The Kier molecular flexibility index (Phi) is 5.11. The molecule has 0 radical (unpaired) electrons. The second-order valence-electron chi connectivity index (χ2n) is 10.5. The third-order valence-electron chi connectivity index (χ3n) is 7.73. The van der Waals surface area contributed by atoms with Gasteiger partial charge in [-0.05, 0) is 62.3 Å². The van der Waals surface area contributed by atoms with Gasteiger partial charge in [-0.2, -0.15) is 10.2 Å². The molecule has 1 aromatic carbocycles. The maximum Gasteiger partial charge on any atom is 0.246 e. The van der Waals surface area contributed by atoms with Gasteiger partial charge in [0.05, 0.1) is 34.1 Å². The molecule has 3 aliphatic rings. The van der Waals surface area contributed by atoms with E-state index in [2.05, 4.69) is 29.6 Å². The van der Waals surface area contributed by atoms with E-state index in [0.717, 1.165) is 29.3 Å². The van der Waals surface area contributed by atoms with Crippen LogP contribution in [0.4, 0.5) is 5.82 Å². The zero-order valence-electron chi connectivity index (χ0n) is 20.9. The van der Waals surface area contributed by atoms with Gasteiger partial charge in [-0.25, -0.2) is 4.98 Å². The SMILES string of the molecule is C=CC(=O)N1CC[C@H](n2nc(C#Cc3ccc4cn(C5CC5)nc4c3)c3c(N)ncc(C(=O)C4CC4)c32)C1. The number of hydrogen-bond acceptors (Lipinski definition) is 6. The van der Waals surface area contributed by atoms with E-state index in [4.69, 9.17) is 15.9 Å². The van der Waals surface area contributed by atoms with E-state index in [1.165, 1.54) is 18.9 Å². The summed E-state index contributed by atoms with van der Waals surface area (Å²) in [5.41, 5.74) is 9.77. The van der Waals surface area contributed by atoms with E-state index in [1.807, 2.05) is 27.6 Å². The molecule has 1 saturated heterocycles. The van der Waals surface area contributed by atoms with Crippen LogP contribution in [0.5, 0.6) is 0 Å². The number of fused-ring (bicyclic) bond motifs is 2. The Morgan fingerprint density at radius 1 is 1.08 bits per heavy atom. The molecule has 3 fully saturated rings. The van der Waals surface area contributed by atoms with Gasteiger partial charge in [0.25, 0.3) is 0 Å². The Morgan fingerprint density at radius 3 is 2.68 bits per heavy atom. The maximum atomic E-state index is 13.2. The zero-order chi connectivity index (χ0) is 26.0. The van der Waals surface area contributed by atoms with Crippen molar-refractivity contribution in [2.24, 2.45) is 5.92 Å². The second kappa shape index (κ2) is 8.55. The minimum atomic E-state index is -0.112. The number of amides is 1. The normalized spacial score (nSPS) is 19.1. The molecular weight excluding hydrogens is 478 g/mol. The van der Waals surface area contributed by atoms with Gasteiger partial charge in [0.2, 0.25) is 5.91 Å². The van der Waals surface area contributed by atoms with Crippen LogP contribution in [0, 0.1) is 17.8 Å². The molecule has 7 rings (SSSR count). The molecule has 38 heavy (non-hydrogen) atoms. The van der Waals surface area contributed by atoms with Crippen LogP contribution in [-0.2, 0) is 4.79 Å². The average Bonchev–Trinajstić information content (AvgIpc) is 3.83. The first-order valence-electron chi connectivity index (χ1n) is 13.1. The molecule has 190 valence electrons. The maximum absolute atomic E-state index is 13.2. The molecule has 9 nitrogen and oxygen atoms in total. The highest BCUT2D eigenvalue weighted by Crippen LogP contribution is 2.38. The van der Waals surface area contributed by atoms with Crippen LogP contribution in [0.25, 0.3) is 21.8 Å². The highest BCUT2D eigenvalue weighted by Gasteiger charge is 2.35. The Balaban J connectivity index is 1.32. The highest BCUT2D eigenvalue weighted by molar-refractivity contribution is 6.11. The van der Waals surface area contributed by atoms with E-state index in [9.17, 15) is 9.59 Å². The fraction of sp³-hybridized carbons (Fsp3) is 0.345. The lowest BCUT2D eigenvalue weighted by Crippen LogP contribution is -2.27. The molecule has 2 N–H and O–H groups in total. The van der Waals surface area contributed by atoms with Crippen LogP contribution in [0.15, 0.2) is 43.2 Å². The smallest absolute Gasteiger partial charge is 0.246 e. The standard InChI is InChI=1S/C29H27N7O2/c1-2-25(37)34-12-11-21(16-34)36-27-22(28(38)18-6-7-18)14-31-29(30)26(27)23(33-36)10-4-17-3-5-19-15-35(20-8-9-20)32-24(19)13-17/h2-3,5,13-15,18,20-21H,1,6-9,11-12,16H2,(H2,30,31)/t21-/m0/s1. The number of anilines is 1. The lowest BCUT2D eigenvalue weighted by molar-refractivity contribution is -0.125. The summed E-state index contributed by atoms with van der Waals surface area (Å²) in [4.78, 5) is 31.6. The Morgan fingerprint density at radius 2 is 1.92 bits per heavy atom. The summed E-state index contributed by atoms with van der Waals surface area (Å²) >= 11 is 0. The van der Waals surface area contributed by atoms with Crippen molar-refractivity contribution in [2.75, 3.05) is 18.8 Å². The van der Waals surface area contributed by atoms with Crippen LogP contribution in [0.3, 0.4) is 0 Å². The summed E-state index contributed by atoms with van der Waals surface area (Å²) in [6.45, 7) is 4.69. The van der Waals surface area contributed by atoms with E-state index in [0.29, 0.717) is 53.5 Å². The molecule has 0 spiro atoms. The molecule has 9 heteroatoms. The third kappa shape index (κ3) is 3.84. The Hall–Kier alpha value is -4.45. The van der Waals surface area contributed by atoms with Crippen molar-refractivity contribution in [3.05, 3.63) is 60.1 Å². The first kappa shape index (κ1) is 22.7. The molecule has 2 aliphatic carbocycles. The van der Waals surface area contributed by atoms with Crippen LogP contribution in [-0.4, -0.2) is 54.2 Å². The lowest BCUT2D eigenvalue weighted by Gasteiger charge is -2.16. The number of pyridine rings is 1. The third-order valence-corrected chi connectivity index (χ3v) is 7.73. The molecule has 1 atom stereocenters. The monoisotopic (exact) mass is 505 g/mol. The minimum Gasteiger partial charge on any atom is -0.383 e. The number of aromatic nitrogens is 5. The van der Waals surface area contributed by atoms with Gasteiger partial charge in [-0.15, -0.1) is 0 Å². The number of likely N-dealkylation sites (tertiary alicyclic amines) is 1. The van der Waals surface area contributed by atoms with E-state index in [-0.39, 0.29) is 23.7 Å². The highest BCUT2D eigenvalue weighted by atomic mass is 16.2. The number of rotatable bonds is 5. The van der Waals surface area contributed by atoms with Gasteiger partial charge in [0.1, 0.15) is 11.5 Å². The topological polar surface area (TPSA) is 112 Å². The van der Waals surface area contributed by atoms with Crippen LogP contribution in [0.2, 0.25) is 0 Å². The predicted octanol–water partition coefficient (Wildman–Crippen LogP) is 3.65. The zero-order valence-corrected chi connectivity index (χ0v) is 20.9. The fourth-order valence-corrected chi connectivity index (χ4v) is 5.33. The fourth-order valence-electron chi connectivity index (χ4n) is 5.33. The molecule has 0 bridgehead atoms. The van der Waals surface area contributed by atoms with Gasteiger partial charge in [0.15, 0.2) is 5.78 Å². The van der Waals surface area contributed by atoms with Crippen molar-refractivity contribution in [1.29, 1.82) is 0 Å². The van der Waals surface area contributed by atoms with Crippen LogP contribution in [0.1, 0.15) is 65.8 Å². The summed E-state index contributed by atoms with van der Waals surface area (Å²) in [5, 5.41) is 11.3. The van der Waals surface area contributed by atoms with Gasteiger partial charge in [-0.1, -0.05) is 12.5 Å². The molecule has 0 unspecified atom stereocenters. The number of nitrogens with two attached hydrogens (primary N) is 1. The molecule has 1 aliphatic heterocycles. The quantitative estimate of drug-likeness (QED) is 0.252. The van der Waals surface area contributed by atoms with Crippen molar-refractivity contribution in [3.63, 3.8) is 0 Å². The van der Waals surface area contributed by atoms with Gasteiger partial charge in [0, 0.05) is 42.4 Å². The summed E-state index contributed by atoms with van der Waals surface area (Å²) < 4.78 is 3.90. The number of benzene rings is 1. The molecule has 4 aromatic rings. The number of hydrogen-bond donors (Lipinski definition) is 1. The van der Waals surface area contributed by atoms with Crippen molar-refractivity contribution in [3.8, 4) is 11.8 Å². The van der Waals surface area contributed by atoms with Crippen molar-refractivity contribution < 1.29 is 9.59 Å². The first-order chi connectivity index (χ1) is 18.5. The number of ketones is 1. The lowest BCUT2D eigenvalue weighted by atomic mass is 10.0. The predicted molar refractivity (Wildman–Crippen MR) is 143 cm³/mol. The van der Waals surface area contributed by atoms with E-state index >= 15 is 0 Å². The number of carbonyl (C=O) groups is 2. The summed E-state index contributed by atoms with van der Waals surface area (Å²) in [6.07, 6.45) is 9.82. The van der Waals surface area contributed by atoms with E-state index < -0.39 is 0 Å². The van der Waals surface area contributed by atoms with Crippen molar-refractivity contribution in [2.45, 2.75) is 44.2 Å². The molecule has 3 aromatic heterocycles. The molecular formula is C29H27N7O2. The number of carbonyl (C=O) groups excluding carboxylic acids is 2. The Bertz CT molecular complexity index is 1710. The van der Waals surface area contributed by atoms with Crippen LogP contribution < -0.4 is 5.73 Å².